The summed E-state index contributed by atoms with van der Waals surface area (Å²) in [6.07, 6.45) is 0. The number of carbonyl (C=O) groups is 1. The number of pyridine rings is 1. The summed E-state index contributed by atoms with van der Waals surface area (Å²) in [7, 11) is 2.00. The number of ether oxygens (including phenoxy) is 1. The first-order valence-corrected chi connectivity index (χ1v) is 8.90. The third kappa shape index (κ3) is 2.72. The van der Waals surface area contributed by atoms with Crippen molar-refractivity contribution in [1.82, 2.24) is 9.55 Å². The fourth-order valence-electron chi connectivity index (χ4n) is 3.60. The number of hydrogen-bond donors (Lipinski definition) is 1. The molecule has 2 heterocycles. The van der Waals surface area contributed by atoms with Crippen LogP contribution in [0.5, 0.6) is 0 Å². The molecule has 5 heteroatoms. The molecule has 0 aliphatic heterocycles. The average molecular weight is 360 g/mol. The first-order valence-electron chi connectivity index (χ1n) is 8.90. The van der Waals surface area contributed by atoms with Crippen molar-refractivity contribution in [2.45, 2.75) is 13.8 Å². The fraction of sp³-hybridized carbons (Fsp3) is 0.182. The van der Waals surface area contributed by atoms with E-state index in [2.05, 4.69) is 9.55 Å². The van der Waals surface area contributed by atoms with Crippen molar-refractivity contribution in [2.24, 2.45) is 7.05 Å². The van der Waals surface area contributed by atoms with Crippen molar-refractivity contribution < 1.29 is 9.53 Å². The van der Waals surface area contributed by atoms with Crippen LogP contribution in [-0.4, -0.2) is 22.1 Å². The Hall–Kier alpha value is -3.34. The summed E-state index contributed by atoms with van der Waals surface area (Å²) < 4.78 is 7.12. The van der Waals surface area contributed by atoms with Crippen LogP contribution in [0.15, 0.2) is 53.3 Å². The molecule has 4 aromatic rings. The molecule has 0 atom stereocenters. The van der Waals surface area contributed by atoms with Gasteiger partial charge in [0.1, 0.15) is 5.69 Å². The van der Waals surface area contributed by atoms with Gasteiger partial charge >= 0.3 is 5.97 Å². The maximum atomic E-state index is 12.9. The molecular weight excluding hydrogens is 340 g/mol. The number of nitrogens with one attached hydrogen (secondary N) is 1. The highest BCUT2D eigenvalue weighted by Crippen LogP contribution is 2.32. The Balaban J connectivity index is 2.04. The van der Waals surface area contributed by atoms with Gasteiger partial charge in [0.2, 0.25) is 0 Å². The van der Waals surface area contributed by atoms with E-state index in [1.54, 1.807) is 6.92 Å². The molecule has 0 spiro atoms. The molecule has 0 aliphatic rings. The zero-order valence-electron chi connectivity index (χ0n) is 15.5. The molecule has 0 radical (unpaired) electrons. The maximum Gasteiger partial charge on any atom is 0.354 e. The second kappa shape index (κ2) is 6.43. The summed E-state index contributed by atoms with van der Waals surface area (Å²) >= 11 is 0. The zero-order chi connectivity index (χ0) is 19.1. The summed E-state index contributed by atoms with van der Waals surface area (Å²) in [5.41, 5.74) is 4.66. The number of aryl methyl sites for hydroxylation is 2. The van der Waals surface area contributed by atoms with Crippen LogP contribution in [0.4, 0.5) is 0 Å². The molecule has 4 rings (SSSR count). The molecule has 0 aliphatic carbocycles. The third-order valence-electron chi connectivity index (χ3n) is 4.89. The number of fused-ring (bicyclic) bond motifs is 3. The Morgan fingerprint density at radius 2 is 1.89 bits per heavy atom. The molecular formula is C22H20N2O3. The van der Waals surface area contributed by atoms with Crippen LogP contribution < -0.4 is 5.43 Å². The van der Waals surface area contributed by atoms with Crippen LogP contribution in [0.25, 0.3) is 33.1 Å². The van der Waals surface area contributed by atoms with E-state index in [1.807, 2.05) is 56.4 Å². The Morgan fingerprint density at radius 3 is 2.59 bits per heavy atom. The van der Waals surface area contributed by atoms with Crippen LogP contribution in [0.3, 0.4) is 0 Å². The number of nitrogens with zero attached hydrogens (tertiary/aromatic N) is 1. The Kier molecular flexibility index (Phi) is 4.07. The van der Waals surface area contributed by atoms with Crippen molar-refractivity contribution in [1.29, 1.82) is 0 Å². The minimum absolute atomic E-state index is 0.177. The Bertz CT molecular complexity index is 1230. The monoisotopic (exact) mass is 360 g/mol. The van der Waals surface area contributed by atoms with Crippen LogP contribution in [0.1, 0.15) is 23.0 Å². The van der Waals surface area contributed by atoms with E-state index in [0.717, 1.165) is 27.7 Å². The molecule has 27 heavy (non-hydrogen) atoms. The first kappa shape index (κ1) is 17.1. The highest BCUT2D eigenvalue weighted by molar-refractivity contribution is 6.09. The predicted octanol–water partition coefficient (Wildman–Crippen LogP) is 4.17. The molecule has 0 saturated heterocycles. The summed E-state index contributed by atoms with van der Waals surface area (Å²) in [5, 5.41) is 1.46. The highest BCUT2D eigenvalue weighted by atomic mass is 16.5. The SMILES string of the molecule is CCOC(=O)c1cc(=O)c2c([nH]1)c(C)cc1c2cc(-c2ccccc2)n1C. The van der Waals surface area contributed by atoms with Gasteiger partial charge < -0.3 is 14.3 Å². The fourth-order valence-corrected chi connectivity index (χ4v) is 3.60. The van der Waals surface area contributed by atoms with Gasteiger partial charge in [-0.2, -0.15) is 0 Å². The second-order valence-corrected chi connectivity index (χ2v) is 6.60. The second-order valence-electron chi connectivity index (χ2n) is 6.60. The number of H-pyrrole nitrogens is 1. The predicted molar refractivity (Wildman–Crippen MR) is 107 cm³/mol. The normalized spacial score (nSPS) is 11.2. The van der Waals surface area contributed by atoms with E-state index >= 15 is 0 Å². The van der Waals surface area contributed by atoms with E-state index < -0.39 is 5.97 Å². The molecule has 2 aromatic carbocycles. The number of rotatable bonds is 3. The van der Waals surface area contributed by atoms with Crippen LogP contribution >= 0.6 is 0 Å². The lowest BCUT2D eigenvalue weighted by atomic mass is 10.0. The van der Waals surface area contributed by atoms with Gasteiger partial charge in [0.25, 0.3) is 0 Å². The van der Waals surface area contributed by atoms with E-state index in [0.29, 0.717) is 10.9 Å². The molecule has 136 valence electrons. The van der Waals surface area contributed by atoms with Crippen molar-refractivity contribution in [3.05, 3.63) is 70.0 Å². The standard InChI is InChI=1S/C22H20N2O3/c1-4-27-22(26)16-12-19(25)20-15-11-17(14-8-6-5-7-9-14)24(3)18(15)10-13(2)21(20)23-16/h5-12H,4H2,1-3H3,(H,23,25). The number of aromatic amines is 1. The van der Waals surface area contributed by atoms with Gasteiger partial charge in [0.05, 0.1) is 17.5 Å². The summed E-state index contributed by atoms with van der Waals surface area (Å²) in [6.45, 7) is 3.93. The molecule has 1 N–H and O–H groups in total. The average Bonchev–Trinajstić information content (AvgIpc) is 2.99. The third-order valence-corrected chi connectivity index (χ3v) is 4.89. The van der Waals surface area contributed by atoms with Gasteiger partial charge in [-0.15, -0.1) is 0 Å². The smallest absolute Gasteiger partial charge is 0.354 e. The number of aromatic nitrogens is 2. The van der Waals surface area contributed by atoms with Gasteiger partial charge in [-0.1, -0.05) is 30.3 Å². The Morgan fingerprint density at radius 1 is 1.15 bits per heavy atom. The number of esters is 1. The van der Waals surface area contributed by atoms with Gasteiger partial charge in [-0.05, 0) is 37.1 Å². The van der Waals surface area contributed by atoms with Gasteiger partial charge in [0.15, 0.2) is 5.43 Å². The first-order chi connectivity index (χ1) is 13.0. The van der Waals surface area contributed by atoms with Crippen LogP contribution in [-0.2, 0) is 11.8 Å². The lowest BCUT2D eigenvalue weighted by molar-refractivity contribution is 0.0520. The number of benzene rings is 2. The zero-order valence-corrected chi connectivity index (χ0v) is 15.5. The van der Waals surface area contributed by atoms with E-state index in [9.17, 15) is 9.59 Å². The molecule has 0 unspecified atom stereocenters. The van der Waals surface area contributed by atoms with Crippen molar-refractivity contribution >= 4 is 27.8 Å². The molecule has 0 fully saturated rings. The van der Waals surface area contributed by atoms with E-state index in [1.165, 1.54) is 6.07 Å². The minimum Gasteiger partial charge on any atom is -0.461 e. The van der Waals surface area contributed by atoms with Gasteiger partial charge in [0, 0.05) is 29.7 Å². The van der Waals surface area contributed by atoms with Crippen molar-refractivity contribution in [2.75, 3.05) is 6.61 Å². The maximum absolute atomic E-state index is 12.9. The quantitative estimate of drug-likeness (QED) is 0.558. The van der Waals surface area contributed by atoms with E-state index in [4.69, 9.17) is 4.74 Å². The summed E-state index contributed by atoms with van der Waals surface area (Å²) in [4.78, 5) is 28.1. The van der Waals surface area contributed by atoms with E-state index in [-0.39, 0.29) is 17.7 Å². The molecule has 2 aromatic heterocycles. The van der Waals surface area contributed by atoms with Gasteiger partial charge in [-0.25, -0.2) is 4.79 Å². The van der Waals surface area contributed by atoms with Crippen LogP contribution in [0.2, 0.25) is 0 Å². The topological polar surface area (TPSA) is 64.1 Å². The molecule has 0 amide bonds. The van der Waals surface area contributed by atoms with Crippen molar-refractivity contribution in [3.63, 3.8) is 0 Å². The lowest BCUT2D eigenvalue weighted by Crippen LogP contribution is -2.13. The minimum atomic E-state index is -0.519. The largest absolute Gasteiger partial charge is 0.461 e. The van der Waals surface area contributed by atoms with Crippen molar-refractivity contribution in [3.8, 4) is 11.3 Å². The van der Waals surface area contributed by atoms with Crippen LogP contribution in [0, 0.1) is 6.92 Å². The summed E-state index contributed by atoms with van der Waals surface area (Å²) in [6, 6.07) is 15.5. The summed E-state index contributed by atoms with van der Waals surface area (Å²) in [5.74, 6) is -0.519. The Labute approximate surface area is 156 Å². The lowest BCUT2D eigenvalue weighted by Gasteiger charge is -2.09. The number of carbonyl (C=O) groups excluding carboxylic acids is 1. The molecule has 0 saturated carbocycles. The number of hydrogen-bond acceptors (Lipinski definition) is 3. The molecule has 0 bridgehead atoms. The van der Waals surface area contributed by atoms with Gasteiger partial charge in [-0.3, -0.25) is 4.79 Å². The highest BCUT2D eigenvalue weighted by Gasteiger charge is 2.17. The molecule has 5 nitrogen and oxygen atoms in total.